The maximum atomic E-state index is 11.9. The lowest BCUT2D eigenvalue weighted by atomic mass is 10.1. The number of nitrogens with one attached hydrogen (secondary N) is 1. The van der Waals surface area contributed by atoms with Gasteiger partial charge >= 0.3 is 0 Å². The number of carbonyl (C=O) groups is 1. The van der Waals surface area contributed by atoms with Gasteiger partial charge in [-0.1, -0.05) is 13.0 Å². The second-order valence-electron chi connectivity index (χ2n) is 4.32. The molecule has 6 nitrogen and oxygen atoms in total. The summed E-state index contributed by atoms with van der Waals surface area (Å²) in [6.07, 6.45) is 0.557. The Bertz CT molecular complexity index is 661. The van der Waals surface area contributed by atoms with Gasteiger partial charge in [-0.2, -0.15) is 0 Å². The molecule has 2 rings (SSSR count). The minimum absolute atomic E-state index is 0.000857. The number of nitro benzene ring substituents is 1. The van der Waals surface area contributed by atoms with Gasteiger partial charge in [0.25, 0.3) is 11.6 Å². The molecule has 0 spiro atoms. The molecule has 104 valence electrons. The lowest BCUT2D eigenvalue weighted by Gasteiger charge is -2.05. The molecule has 1 aromatic heterocycles. The molecule has 20 heavy (non-hydrogen) atoms. The zero-order valence-electron chi connectivity index (χ0n) is 11.2. The third-order valence-electron chi connectivity index (χ3n) is 2.88. The van der Waals surface area contributed by atoms with Crippen molar-refractivity contribution in [2.24, 2.45) is 0 Å². The number of aryl methyl sites for hydroxylation is 2. The third-order valence-corrected chi connectivity index (χ3v) is 2.88. The monoisotopic (exact) mass is 274 g/mol. The van der Waals surface area contributed by atoms with E-state index in [1.54, 1.807) is 31.2 Å². The van der Waals surface area contributed by atoms with E-state index < -0.39 is 10.8 Å². The summed E-state index contributed by atoms with van der Waals surface area (Å²) in [5.74, 6) is 0.365. The van der Waals surface area contributed by atoms with E-state index >= 15 is 0 Å². The number of amides is 1. The van der Waals surface area contributed by atoms with E-state index in [0.29, 0.717) is 23.4 Å². The van der Waals surface area contributed by atoms with Crippen LogP contribution in [-0.2, 0) is 6.42 Å². The number of furan rings is 1. The van der Waals surface area contributed by atoms with Gasteiger partial charge in [-0.3, -0.25) is 14.9 Å². The number of nitrogens with zero attached hydrogens (tertiary/aromatic N) is 1. The summed E-state index contributed by atoms with van der Waals surface area (Å²) < 4.78 is 5.19. The topological polar surface area (TPSA) is 85.4 Å². The molecule has 1 aromatic carbocycles. The highest BCUT2D eigenvalue weighted by Gasteiger charge is 2.15. The van der Waals surface area contributed by atoms with Gasteiger partial charge in [-0.25, -0.2) is 0 Å². The molecule has 2 aromatic rings. The fourth-order valence-electron chi connectivity index (χ4n) is 1.86. The highest BCUT2D eigenvalue weighted by Crippen LogP contribution is 2.24. The summed E-state index contributed by atoms with van der Waals surface area (Å²) in [6.45, 7) is 3.57. The molecule has 6 heteroatoms. The minimum atomic E-state index is -0.453. The van der Waals surface area contributed by atoms with Crippen molar-refractivity contribution in [1.82, 2.24) is 0 Å². The van der Waals surface area contributed by atoms with E-state index in [9.17, 15) is 14.9 Å². The molecule has 0 aliphatic rings. The molecule has 0 saturated heterocycles. The summed E-state index contributed by atoms with van der Waals surface area (Å²) in [6, 6.07) is 7.87. The second kappa shape index (κ2) is 5.56. The molecule has 0 atom stereocenters. The van der Waals surface area contributed by atoms with Crippen molar-refractivity contribution in [2.75, 3.05) is 5.32 Å². The van der Waals surface area contributed by atoms with E-state index in [1.807, 2.05) is 6.92 Å². The molecule has 0 radical (unpaired) electrons. The van der Waals surface area contributed by atoms with Gasteiger partial charge in [0.2, 0.25) is 0 Å². The Morgan fingerprint density at radius 2 is 2.10 bits per heavy atom. The third kappa shape index (κ3) is 2.85. The first-order valence-electron chi connectivity index (χ1n) is 6.16. The van der Waals surface area contributed by atoms with Crippen molar-refractivity contribution < 1.29 is 14.1 Å². The molecule has 1 amide bonds. The van der Waals surface area contributed by atoms with Crippen molar-refractivity contribution in [3.05, 3.63) is 57.5 Å². The highest BCUT2D eigenvalue weighted by atomic mass is 16.6. The Kier molecular flexibility index (Phi) is 3.84. The zero-order valence-corrected chi connectivity index (χ0v) is 11.2. The minimum Gasteiger partial charge on any atom is -0.456 e. The number of rotatable bonds is 4. The Morgan fingerprint density at radius 3 is 2.65 bits per heavy atom. The highest BCUT2D eigenvalue weighted by molar-refractivity contribution is 6.02. The normalized spacial score (nSPS) is 10.3. The first kappa shape index (κ1) is 13.8. The number of hydrogen-bond donors (Lipinski definition) is 1. The smallest absolute Gasteiger partial charge is 0.291 e. The van der Waals surface area contributed by atoms with Gasteiger partial charge in [-0.15, -0.1) is 0 Å². The number of hydrogen-bond acceptors (Lipinski definition) is 4. The molecular formula is C14H14N2O4. The molecule has 1 N–H and O–H groups in total. The number of anilines is 1. The second-order valence-corrected chi connectivity index (χ2v) is 4.32. The van der Waals surface area contributed by atoms with E-state index in [4.69, 9.17) is 4.42 Å². The largest absolute Gasteiger partial charge is 0.456 e. The fraction of sp³-hybridized carbons (Fsp3) is 0.214. The maximum absolute atomic E-state index is 11.9. The van der Waals surface area contributed by atoms with Gasteiger partial charge in [0.15, 0.2) is 5.76 Å². The van der Waals surface area contributed by atoms with Crippen LogP contribution < -0.4 is 5.32 Å². The summed E-state index contributed by atoms with van der Waals surface area (Å²) in [5, 5.41) is 13.5. The maximum Gasteiger partial charge on any atom is 0.291 e. The average molecular weight is 274 g/mol. The average Bonchev–Trinajstić information content (AvgIpc) is 2.85. The number of benzene rings is 1. The van der Waals surface area contributed by atoms with Crippen LogP contribution in [0.3, 0.4) is 0 Å². The van der Waals surface area contributed by atoms with E-state index in [1.165, 1.54) is 6.07 Å². The van der Waals surface area contributed by atoms with Crippen molar-refractivity contribution >= 4 is 17.3 Å². The molecule has 0 unspecified atom stereocenters. The molecule has 0 bridgehead atoms. The molecule has 0 saturated carbocycles. The molecule has 0 fully saturated rings. The van der Waals surface area contributed by atoms with Crippen molar-refractivity contribution in [3.8, 4) is 0 Å². The van der Waals surface area contributed by atoms with Gasteiger partial charge < -0.3 is 9.73 Å². The van der Waals surface area contributed by atoms with Crippen LogP contribution in [0.2, 0.25) is 0 Å². The molecule has 0 aliphatic carbocycles. The first-order chi connectivity index (χ1) is 9.51. The lowest BCUT2D eigenvalue weighted by Crippen LogP contribution is -2.11. The van der Waals surface area contributed by atoms with Crippen LogP contribution in [0, 0.1) is 17.0 Å². The van der Waals surface area contributed by atoms with E-state index in [0.717, 1.165) is 0 Å². The van der Waals surface area contributed by atoms with Crippen LogP contribution in [0.5, 0.6) is 0 Å². The summed E-state index contributed by atoms with van der Waals surface area (Å²) in [4.78, 5) is 22.4. The van der Waals surface area contributed by atoms with Gasteiger partial charge in [0.05, 0.1) is 4.92 Å². The predicted octanol–water partition coefficient (Wildman–Crippen LogP) is 3.31. The quantitative estimate of drug-likeness (QED) is 0.684. The predicted molar refractivity (Wildman–Crippen MR) is 73.9 cm³/mol. The fourth-order valence-corrected chi connectivity index (χ4v) is 1.86. The standard InChI is InChI=1S/C14H14N2O4/c1-3-10-5-6-11(8-12(10)16(18)19)15-14(17)13-7-4-9(2)20-13/h4-8H,3H2,1-2H3,(H,15,17). The lowest BCUT2D eigenvalue weighted by molar-refractivity contribution is -0.385. The number of nitro groups is 1. The van der Waals surface area contributed by atoms with Gasteiger partial charge in [0.1, 0.15) is 5.76 Å². The number of carbonyl (C=O) groups excluding carboxylic acids is 1. The van der Waals surface area contributed by atoms with Crippen molar-refractivity contribution in [2.45, 2.75) is 20.3 Å². The summed E-state index contributed by atoms with van der Waals surface area (Å²) in [5.41, 5.74) is 0.996. The van der Waals surface area contributed by atoms with Gasteiger partial charge in [0, 0.05) is 17.3 Å². The SMILES string of the molecule is CCc1ccc(NC(=O)c2ccc(C)o2)cc1[N+](=O)[O-]. The van der Waals surface area contributed by atoms with Crippen LogP contribution in [0.25, 0.3) is 0 Å². The molecule has 0 aliphatic heterocycles. The van der Waals surface area contributed by atoms with Crippen LogP contribution in [-0.4, -0.2) is 10.8 Å². The summed E-state index contributed by atoms with van der Waals surface area (Å²) in [7, 11) is 0. The van der Waals surface area contributed by atoms with Crippen LogP contribution in [0.15, 0.2) is 34.7 Å². The van der Waals surface area contributed by atoms with Crippen LogP contribution in [0.4, 0.5) is 11.4 Å². The van der Waals surface area contributed by atoms with Crippen molar-refractivity contribution in [1.29, 1.82) is 0 Å². The van der Waals surface area contributed by atoms with E-state index in [2.05, 4.69) is 5.32 Å². The Labute approximate surface area is 115 Å². The Hall–Kier alpha value is -2.63. The molecule has 1 heterocycles. The van der Waals surface area contributed by atoms with Crippen LogP contribution in [0.1, 0.15) is 28.8 Å². The Morgan fingerprint density at radius 1 is 1.35 bits per heavy atom. The first-order valence-corrected chi connectivity index (χ1v) is 6.16. The van der Waals surface area contributed by atoms with E-state index in [-0.39, 0.29) is 11.4 Å². The zero-order chi connectivity index (χ0) is 14.7. The van der Waals surface area contributed by atoms with Crippen LogP contribution >= 0.6 is 0 Å². The van der Waals surface area contributed by atoms with Crippen molar-refractivity contribution in [3.63, 3.8) is 0 Å². The Balaban J connectivity index is 2.23. The molecular weight excluding hydrogens is 260 g/mol. The summed E-state index contributed by atoms with van der Waals surface area (Å²) >= 11 is 0. The van der Waals surface area contributed by atoms with Gasteiger partial charge in [-0.05, 0) is 31.5 Å².